The van der Waals surface area contributed by atoms with E-state index in [1.54, 1.807) is 33.4 Å². The Bertz CT molecular complexity index is 3340. The number of anilines is 1. The van der Waals surface area contributed by atoms with E-state index in [0.29, 0.717) is 23.7 Å². The molecule has 10 atom stereocenters. The van der Waals surface area contributed by atoms with Gasteiger partial charge in [0.05, 0.1) is 12.1 Å². The van der Waals surface area contributed by atoms with Crippen LogP contribution in [0.5, 0.6) is 5.75 Å². The Hall–Kier alpha value is -6.10. The quantitative estimate of drug-likeness (QED) is 0.156. The summed E-state index contributed by atoms with van der Waals surface area (Å²) in [7, 11) is 0. The smallest absolute Gasteiger partial charge is 0.134 e. The largest absolute Gasteiger partial charge is 0.487 e. The number of hydrogen-bond acceptors (Lipinski definition) is 4. The van der Waals surface area contributed by atoms with Gasteiger partial charge in [0.15, 0.2) is 0 Å². The summed E-state index contributed by atoms with van der Waals surface area (Å²) < 4.78 is 14.5. The third-order valence-corrected chi connectivity index (χ3v) is 20.5. The summed E-state index contributed by atoms with van der Waals surface area (Å²) in [6, 6.07) is 30.7. The molecule has 2 heterocycles. The SMILES string of the molecule is CC(C)C1=CC(N(C2C=C(c3ccccc3)CCC2)C2CC=CC3c4ccccc4OC32)C2C=C3C4C5=C(CCC1=C52)C(N(c1cccc(C2C=CC=CC2)c1)C1CC=Cc2c1oc1c2CCCC1)=CC4CCC3(C)C. The van der Waals surface area contributed by atoms with Crippen LogP contribution in [0.3, 0.4) is 0 Å². The van der Waals surface area contributed by atoms with E-state index in [9.17, 15) is 0 Å². The van der Waals surface area contributed by atoms with Crippen LogP contribution in [-0.4, -0.2) is 29.1 Å². The molecule has 1 saturated carbocycles. The topological polar surface area (TPSA) is 28.9 Å². The van der Waals surface area contributed by atoms with Gasteiger partial charge in [-0.3, -0.25) is 4.90 Å². The van der Waals surface area contributed by atoms with Crippen LogP contribution in [-0.2, 0) is 12.8 Å². The minimum Gasteiger partial charge on any atom is -0.487 e. The fraction of sp³-hybridized carbons (Fsp3) is 0.417. The van der Waals surface area contributed by atoms with Crippen molar-refractivity contribution in [2.75, 3.05) is 4.90 Å². The Morgan fingerprint density at radius 2 is 1.58 bits per heavy atom. The number of furan rings is 1. The Morgan fingerprint density at radius 1 is 0.711 bits per heavy atom. The highest BCUT2D eigenvalue weighted by Crippen LogP contribution is 2.64. The maximum atomic E-state index is 7.28. The number of nitrogens with zero attached hydrogens (tertiary/aromatic N) is 2. The lowest BCUT2D eigenvalue weighted by Crippen LogP contribution is -2.59. The molecule has 76 heavy (non-hydrogen) atoms. The van der Waals surface area contributed by atoms with E-state index in [2.05, 4.69) is 189 Å². The normalized spacial score (nSPS) is 31.1. The van der Waals surface area contributed by atoms with E-state index in [1.165, 1.54) is 88.4 Å². The molecule has 11 aliphatic rings. The van der Waals surface area contributed by atoms with Crippen LogP contribution in [0, 0.1) is 29.1 Å². The number of benzene rings is 3. The number of hydrogen-bond donors (Lipinski definition) is 0. The van der Waals surface area contributed by atoms with Gasteiger partial charge in [-0.25, -0.2) is 0 Å². The molecular weight excluding hydrogens is 925 g/mol. The molecule has 1 aromatic heterocycles. The number of ether oxygens (including phenoxy) is 1. The lowest BCUT2D eigenvalue weighted by Gasteiger charge is -2.57. The van der Waals surface area contributed by atoms with Crippen molar-refractivity contribution in [2.24, 2.45) is 29.1 Å². The second kappa shape index (κ2) is 18.5. The zero-order valence-corrected chi connectivity index (χ0v) is 45.4. The third kappa shape index (κ3) is 7.53. The van der Waals surface area contributed by atoms with Gasteiger partial charge in [-0.1, -0.05) is 167 Å². The van der Waals surface area contributed by atoms with Crippen molar-refractivity contribution in [2.45, 2.75) is 160 Å². The zero-order valence-electron chi connectivity index (χ0n) is 45.4. The van der Waals surface area contributed by atoms with Crippen molar-refractivity contribution in [3.8, 4) is 5.75 Å². The lowest BCUT2D eigenvalue weighted by atomic mass is 9.51. The minimum atomic E-state index is 0.0557. The predicted molar refractivity (Wildman–Crippen MR) is 311 cm³/mol. The molecule has 4 aromatic rings. The van der Waals surface area contributed by atoms with Crippen LogP contribution < -0.4 is 9.64 Å². The Morgan fingerprint density at radius 3 is 2.46 bits per heavy atom. The Kier molecular flexibility index (Phi) is 11.5. The average Bonchev–Trinajstić information content (AvgIpc) is 4.18. The van der Waals surface area contributed by atoms with E-state index < -0.39 is 0 Å². The summed E-state index contributed by atoms with van der Waals surface area (Å²) >= 11 is 0. The van der Waals surface area contributed by atoms with E-state index in [4.69, 9.17) is 9.15 Å². The molecule has 4 heteroatoms. The maximum Gasteiger partial charge on any atom is 0.134 e. The Labute approximate surface area is 452 Å². The van der Waals surface area contributed by atoms with Gasteiger partial charge in [0.25, 0.3) is 0 Å². The molecule has 0 N–H and O–H groups in total. The molecule has 3 aromatic carbocycles. The van der Waals surface area contributed by atoms with E-state index in [-0.39, 0.29) is 47.5 Å². The van der Waals surface area contributed by atoms with E-state index in [1.807, 2.05) is 0 Å². The molecular formula is C72H76N2O2. The van der Waals surface area contributed by atoms with Gasteiger partial charge < -0.3 is 14.1 Å². The molecule has 0 saturated heterocycles. The average molecular weight is 1000 g/mol. The van der Waals surface area contributed by atoms with Crippen LogP contribution in [0.1, 0.15) is 162 Å². The summed E-state index contributed by atoms with van der Waals surface area (Å²) in [6.07, 6.45) is 46.1. The Balaban J connectivity index is 0.925. The summed E-state index contributed by atoms with van der Waals surface area (Å²) in [5.74, 6) is 5.59. The molecule has 386 valence electrons. The number of rotatable bonds is 9. The molecule has 0 bridgehead atoms. The van der Waals surface area contributed by atoms with Crippen LogP contribution >= 0.6 is 0 Å². The molecule has 4 nitrogen and oxygen atoms in total. The fourth-order valence-corrected chi connectivity index (χ4v) is 17.0. The van der Waals surface area contributed by atoms with E-state index >= 15 is 0 Å². The van der Waals surface area contributed by atoms with Crippen LogP contribution in [0.4, 0.5) is 5.69 Å². The molecule has 0 radical (unpaired) electrons. The first-order chi connectivity index (χ1) is 37.3. The van der Waals surface area contributed by atoms with Crippen molar-refractivity contribution >= 4 is 17.3 Å². The van der Waals surface area contributed by atoms with E-state index in [0.717, 1.165) is 63.5 Å². The maximum absolute atomic E-state index is 7.28. The molecule has 1 fully saturated rings. The molecule has 15 rings (SSSR count). The van der Waals surface area contributed by atoms with Gasteiger partial charge in [0.1, 0.15) is 23.4 Å². The van der Waals surface area contributed by atoms with Crippen LogP contribution in [0.15, 0.2) is 189 Å². The summed E-state index contributed by atoms with van der Waals surface area (Å²) in [5, 5.41) is 0. The van der Waals surface area contributed by atoms with Gasteiger partial charge in [-0.15, -0.1) is 0 Å². The van der Waals surface area contributed by atoms with Gasteiger partial charge in [-0.2, -0.15) is 0 Å². The summed E-state index contributed by atoms with van der Waals surface area (Å²) in [6.45, 7) is 10.2. The standard InChI is InChI=1S/C72H76N2O2/c1-44(2)58-43-64(74(51-26-16-24-48(40-51)46-21-9-6-10-22-46)62-32-18-30-56-53-28-12-14-34-66(53)76-71(56)62)59-42-60-67-49(37-38-72(60,3)4)41-63(57-36-35-54(58)68(59)69(57)67)73(50-25-15-23-47(39-50)45-19-7-5-8-20-45)61-31-17-29-55-52-27-11-13-33-65(52)75-70(55)61/h5-10,12,14-15,17-19,21-23,25,28-30,34,39-45,49,51,56,59,61-62,64,67,71H,11,13,16,20,24,26-27,31-33,35-38H2,1-4H3. The van der Waals surface area contributed by atoms with Crippen LogP contribution in [0.2, 0.25) is 0 Å². The molecule has 1 aliphatic heterocycles. The number of para-hydroxylation sites is 1. The lowest BCUT2D eigenvalue weighted by molar-refractivity contribution is 0.0208. The second-order valence-corrected chi connectivity index (χ2v) is 25.4. The van der Waals surface area contributed by atoms with Crippen molar-refractivity contribution in [3.05, 3.63) is 224 Å². The number of fused-ring (bicyclic) bond motifs is 6. The van der Waals surface area contributed by atoms with Gasteiger partial charge in [0.2, 0.25) is 0 Å². The number of aryl methyl sites for hydroxylation is 1. The van der Waals surface area contributed by atoms with Crippen molar-refractivity contribution < 1.29 is 9.15 Å². The molecule has 10 aliphatic carbocycles. The summed E-state index contributed by atoms with van der Waals surface area (Å²) in [4.78, 5) is 5.92. The highest BCUT2D eigenvalue weighted by molar-refractivity contribution is 5.73. The van der Waals surface area contributed by atoms with Crippen LogP contribution in [0.25, 0.3) is 11.6 Å². The van der Waals surface area contributed by atoms with Gasteiger partial charge >= 0.3 is 0 Å². The second-order valence-electron chi connectivity index (χ2n) is 25.4. The first-order valence-electron chi connectivity index (χ1n) is 29.9. The molecule has 0 amide bonds. The van der Waals surface area contributed by atoms with Crippen molar-refractivity contribution in [1.82, 2.24) is 4.90 Å². The molecule has 10 unspecified atom stereocenters. The predicted octanol–water partition coefficient (Wildman–Crippen LogP) is 17.4. The number of allylic oxidation sites excluding steroid dienone is 11. The zero-order chi connectivity index (χ0) is 50.8. The van der Waals surface area contributed by atoms with Gasteiger partial charge in [0, 0.05) is 70.3 Å². The molecule has 0 spiro atoms. The van der Waals surface area contributed by atoms with Gasteiger partial charge in [-0.05, 0) is 163 Å². The van der Waals surface area contributed by atoms with Crippen molar-refractivity contribution in [3.63, 3.8) is 0 Å². The van der Waals surface area contributed by atoms with Crippen molar-refractivity contribution in [1.29, 1.82) is 0 Å². The highest BCUT2D eigenvalue weighted by atomic mass is 16.5. The highest BCUT2D eigenvalue weighted by Gasteiger charge is 2.55. The minimum absolute atomic E-state index is 0.0557. The summed E-state index contributed by atoms with van der Waals surface area (Å²) in [5.41, 5.74) is 21.3. The fourth-order valence-electron chi connectivity index (χ4n) is 17.0. The first kappa shape index (κ1) is 47.1. The third-order valence-electron chi connectivity index (χ3n) is 20.5. The monoisotopic (exact) mass is 1000 g/mol. The first-order valence-corrected chi connectivity index (χ1v) is 29.9.